The molecule has 1 saturated heterocycles. The number of aliphatic hydroxyl groups is 2. The van der Waals surface area contributed by atoms with Gasteiger partial charge < -0.3 is 29.5 Å². The Bertz CT molecular complexity index is 1170. The maximum Gasteiger partial charge on any atom is 0.161 e. The molecule has 4 rings (SSSR count). The number of ether oxygens (including phenoxy) is 2. The van der Waals surface area contributed by atoms with E-state index in [1.165, 1.54) is 0 Å². The Morgan fingerprint density at radius 2 is 2.03 bits per heavy atom. The fourth-order valence-corrected chi connectivity index (χ4v) is 4.43. The van der Waals surface area contributed by atoms with Crippen LogP contribution < -0.4 is 10.1 Å². The highest BCUT2D eigenvalue weighted by molar-refractivity contribution is 6.33. The molecule has 1 fully saturated rings. The number of rotatable bonds is 9. The summed E-state index contributed by atoms with van der Waals surface area (Å²) in [6.45, 7) is 7.03. The van der Waals surface area contributed by atoms with Crippen molar-refractivity contribution in [1.29, 1.82) is 0 Å². The molecule has 3 aromatic rings. The number of likely N-dealkylation sites (N-methyl/N-ethyl adjacent to an activating group) is 1. The molecule has 188 valence electrons. The lowest BCUT2D eigenvalue weighted by atomic mass is 9.95. The van der Waals surface area contributed by atoms with Crippen molar-refractivity contribution in [3.63, 3.8) is 0 Å². The van der Waals surface area contributed by atoms with Crippen molar-refractivity contribution >= 4 is 11.6 Å². The second kappa shape index (κ2) is 11.0. The van der Waals surface area contributed by atoms with Crippen LogP contribution in [-0.4, -0.2) is 71.0 Å². The van der Waals surface area contributed by atoms with E-state index < -0.39 is 12.2 Å². The van der Waals surface area contributed by atoms with Crippen LogP contribution in [0.25, 0.3) is 22.6 Å². The largest absolute Gasteiger partial charge is 0.491 e. The monoisotopic (exact) mass is 502 g/mol. The number of halogens is 1. The Balaban J connectivity index is 1.77. The molecule has 0 amide bonds. The van der Waals surface area contributed by atoms with Gasteiger partial charge in [-0.05, 0) is 58.0 Å². The third kappa shape index (κ3) is 5.65. The molecule has 3 N–H and O–H groups in total. The first kappa shape index (κ1) is 25.5. The average Bonchev–Trinajstić information content (AvgIpc) is 3.39. The molecule has 2 aromatic heterocycles. The molecule has 3 atom stereocenters. The van der Waals surface area contributed by atoms with Crippen molar-refractivity contribution < 1.29 is 24.2 Å². The molecule has 1 aliphatic rings. The fraction of sp³-hybridized carbons (Fsp3) is 0.480. The normalized spacial score (nSPS) is 18.7. The van der Waals surface area contributed by atoms with Gasteiger partial charge in [0.1, 0.15) is 24.2 Å². The summed E-state index contributed by atoms with van der Waals surface area (Å²) in [7, 11) is 1.77. The SMILES string of the molecule is CNC[C@@H](O)COc1ccc(Cl)c(-c2nc(C[C@H]3COC[C@@H]3O)c(C)c(-c3c(C)noc3C)n2)c1. The number of nitrogens with one attached hydrogen (secondary N) is 1. The van der Waals surface area contributed by atoms with Crippen LogP contribution in [0.3, 0.4) is 0 Å². The molecule has 1 aliphatic heterocycles. The number of aliphatic hydroxyl groups excluding tert-OH is 2. The van der Waals surface area contributed by atoms with Gasteiger partial charge in [0.05, 0.1) is 41.3 Å². The third-order valence-corrected chi connectivity index (χ3v) is 6.53. The lowest BCUT2D eigenvalue weighted by Crippen LogP contribution is -2.29. The highest BCUT2D eigenvalue weighted by Crippen LogP contribution is 2.35. The van der Waals surface area contributed by atoms with Gasteiger partial charge in [-0.25, -0.2) is 9.97 Å². The van der Waals surface area contributed by atoms with Crippen molar-refractivity contribution in [2.45, 2.75) is 39.4 Å². The predicted molar refractivity (Wildman–Crippen MR) is 132 cm³/mol. The molecular weight excluding hydrogens is 472 g/mol. The fourth-order valence-electron chi connectivity index (χ4n) is 4.23. The van der Waals surface area contributed by atoms with E-state index in [2.05, 4.69) is 10.5 Å². The number of aryl methyl sites for hydroxylation is 2. The van der Waals surface area contributed by atoms with E-state index in [9.17, 15) is 10.2 Å². The van der Waals surface area contributed by atoms with E-state index in [0.29, 0.717) is 59.8 Å². The van der Waals surface area contributed by atoms with Gasteiger partial charge in [-0.3, -0.25) is 0 Å². The highest BCUT2D eigenvalue weighted by Gasteiger charge is 2.29. The van der Waals surface area contributed by atoms with Crippen molar-refractivity contribution in [2.75, 3.05) is 33.4 Å². The van der Waals surface area contributed by atoms with Gasteiger partial charge in [-0.15, -0.1) is 0 Å². The molecule has 0 saturated carbocycles. The molecule has 0 bridgehead atoms. The van der Waals surface area contributed by atoms with E-state index in [0.717, 1.165) is 22.5 Å². The quantitative estimate of drug-likeness (QED) is 0.405. The van der Waals surface area contributed by atoms with Gasteiger partial charge in [0.2, 0.25) is 0 Å². The summed E-state index contributed by atoms with van der Waals surface area (Å²) in [4.78, 5) is 9.75. The Labute approximate surface area is 209 Å². The maximum atomic E-state index is 10.3. The van der Waals surface area contributed by atoms with Crippen LogP contribution in [0.1, 0.15) is 22.7 Å². The maximum absolute atomic E-state index is 10.3. The predicted octanol–water partition coefficient (Wildman–Crippen LogP) is 2.89. The average molecular weight is 503 g/mol. The minimum Gasteiger partial charge on any atom is -0.491 e. The number of hydrogen-bond acceptors (Lipinski definition) is 9. The number of hydrogen-bond donors (Lipinski definition) is 3. The van der Waals surface area contributed by atoms with Gasteiger partial charge in [0.25, 0.3) is 0 Å². The van der Waals surface area contributed by atoms with Crippen LogP contribution in [0, 0.1) is 26.7 Å². The van der Waals surface area contributed by atoms with Crippen molar-refractivity contribution in [1.82, 2.24) is 20.4 Å². The second-order valence-corrected chi connectivity index (χ2v) is 9.31. The number of nitrogens with zero attached hydrogens (tertiary/aromatic N) is 3. The second-order valence-electron chi connectivity index (χ2n) is 8.90. The Kier molecular flexibility index (Phi) is 8.03. The molecule has 0 unspecified atom stereocenters. The van der Waals surface area contributed by atoms with Crippen LogP contribution in [0.2, 0.25) is 5.02 Å². The van der Waals surface area contributed by atoms with Crippen molar-refractivity contribution in [3.8, 4) is 28.4 Å². The lowest BCUT2D eigenvalue weighted by molar-refractivity contribution is 0.108. The summed E-state index contributed by atoms with van der Waals surface area (Å²) in [5, 5.41) is 27.8. The Morgan fingerprint density at radius 3 is 2.69 bits per heavy atom. The zero-order valence-corrected chi connectivity index (χ0v) is 21.1. The smallest absolute Gasteiger partial charge is 0.161 e. The first-order chi connectivity index (χ1) is 16.8. The molecule has 0 spiro atoms. The third-order valence-electron chi connectivity index (χ3n) is 6.20. The first-order valence-corrected chi connectivity index (χ1v) is 12.0. The number of aromatic nitrogens is 3. The zero-order chi connectivity index (χ0) is 25.1. The molecular formula is C25H31ClN4O5. The standard InChI is InChI=1S/C25H31ClN4O5/c1-13-21(7-16-10-33-12-22(16)32)28-25(29-24(13)23-14(2)30-35-15(23)3)19-8-18(5-6-20(19)26)34-11-17(31)9-27-4/h5-6,8,16-17,22,27,31-32H,7,9-12H2,1-4H3/t16-,17+,22-/m0/s1. The topological polar surface area (TPSA) is 123 Å². The summed E-state index contributed by atoms with van der Waals surface area (Å²) >= 11 is 6.58. The van der Waals surface area contributed by atoms with E-state index in [-0.39, 0.29) is 12.5 Å². The zero-order valence-electron chi connectivity index (χ0n) is 20.3. The van der Waals surface area contributed by atoms with Gasteiger partial charge >= 0.3 is 0 Å². The van der Waals surface area contributed by atoms with Crippen molar-refractivity contribution in [2.24, 2.45) is 5.92 Å². The molecule has 9 nitrogen and oxygen atoms in total. The first-order valence-electron chi connectivity index (χ1n) is 11.6. The highest BCUT2D eigenvalue weighted by atomic mass is 35.5. The van der Waals surface area contributed by atoms with Crippen LogP contribution in [-0.2, 0) is 11.2 Å². The molecule has 0 radical (unpaired) electrons. The minimum atomic E-state index is -0.646. The molecule has 35 heavy (non-hydrogen) atoms. The van der Waals surface area contributed by atoms with E-state index in [1.807, 2.05) is 20.8 Å². The van der Waals surface area contributed by atoms with Gasteiger partial charge in [-0.2, -0.15) is 0 Å². The molecule has 1 aromatic carbocycles. The summed E-state index contributed by atoms with van der Waals surface area (Å²) in [5.74, 6) is 1.57. The van der Waals surface area contributed by atoms with Crippen molar-refractivity contribution in [3.05, 3.63) is 45.9 Å². The summed E-state index contributed by atoms with van der Waals surface area (Å²) in [6, 6.07) is 5.24. The Hall–Kier alpha value is -2.56. The van der Waals surface area contributed by atoms with E-state index >= 15 is 0 Å². The summed E-state index contributed by atoms with van der Waals surface area (Å²) < 4.78 is 16.6. The van der Waals surface area contributed by atoms with E-state index in [4.69, 9.17) is 35.6 Å². The molecule has 0 aliphatic carbocycles. The van der Waals surface area contributed by atoms with Crippen LogP contribution >= 0.6 is 11.6 Å². The number of benzene rings is 1. The van der Waals surface area contributed by atoms with Crippen LogP contribution in [0.15, 0.2) is 22.7 Å². The molecule has 10 heteroatoms. The Morgan fingerprint density at radius 1 is 1.23 bits per heavy atom. The van der Waals surface area contributed by atoms with Gasteiger partial charge in [-0.1, -0.05) is 16.8 Å². The molecule has 3 heterocycles. The van der Waals surface area contributed by atoms with Crippen LogP contribution in [0.4, 0.5) is 0 Å². The lowest BCUT2D eigenvalue weighted by Gasteiger charge is -2.18. The van der Waals surface area contributed by atoms with Gasteiger partial charge in [0.15, 0.2) is 5.82 Å². The minimum absolute atomic E-state index is 0.0622. The van der Waals surface area contributed by atoms with E-state index in [1.54, 1.807) is 25.2 Å². The summed E-state index contributed by atoms with van der Waals surface area (Å²) in [5.41, 5.74) is 4.54. The summed E-state index contributed by atoms with van der Waals surface area (Å²) in [6.07, 6.45) is -0.657. The van der Waals surface area contributed by atoms with Crippen LogP contribution in [0.5, 0.6) is 5.75 Å². The van der Waals surface area contributed by atoms with Gasteiger partial charge in [0, 0.05) is 23.7 Å².